The molecule has 0 aliphatic carbocycles. The summed E-state index contributed by atoms with van der Waals surface area (Å²) in [4.78, 5) is 35.5. The molecular formula is C53H56Cl2N6O8. The molecule has 16 heteroatoms. The lowest BCUT2D eigenvalue weighted by molar-refractivity contribution is -0.141. The molecule has 0 saturated heterocycles. The maximum absolute atomic E-state index is 11.5. The number of ether oxygens (including phenoxy) is 4. The van der Waals surface area contributed by atoms with E-state index in [9.17, 15) is 19.8 Å². The number of benzene rings is 4. The van der Waals surface area contributed by atoms with Gasteiger partial charge in [0.2, 0.25) is 0 Å². The van der Waals surface area contributed by atoms with Crippen molar-refractivity contribution in [3.05, 3.63) is 163 Å². The Bertz CT molecular complexity index is 2800. The highest BCUT2D eigenvalue weighted by molar-refractivity contribution is 6.32. The third-order valence-corrected chi connectivity index (χ3v) is 12.0. The van der Waals surface area contributed by atoms with Gasteiger partial charge < -0.3 is 45.2 Å². The second-order valence-electron chi connectivity index (χ2n) is 16.6. The van der Waals surface area contributed by atoms with Crippen molar-refractivity contribution in [2.24, 2.45) is 16.8 Å². The second-order valence-corrected chi connectivity index (χ2v) is 17.5. The number of aliphatic imine (C=N–C) groups is 1. The number of halogens is 2. The van der Waals surface area contributed by atoms with Crippen LogP contribution in [0.2, 0.25) is 10.0 Å². The number of carboxylic acids is 2. The first kappa shape index (κ1) is 51.5. The van der Waals surface area contributed by atoms with E-state index < -0.39 is 23.8 Å². The van der Waals surface area contributed by atoms with Crippen LogP contribution in [0.1, 0.15) is 69.5 Å². The Labute approximate surface area is 412 Å². The maximum atomic E-state index is 11.5. The molecule has 5 N–H and O–H groups in total. The number of nitrogens with zero attached hydrogens (tertiary/aromatic N) is 3. The van der Waals surface area contributed by atoms with Crippen LogP contribution in [0, 0.1) is 31.1 Å². The Morgan fingerprint density at radius 1 is 0.638 bits per heavy atom. The summed E-state index contributed by atoms with van der Waals surface area (Å²) < 4.78 is 25.4. The second kappa shape index (κ2) is 25.0. The first-order chi connectivity index (χ1) is 33.2. The zero-order valence-electron chi connectivity index (χ0n) is 39.1. The lowest BCUT2D eigenvalue weighted by Gasteiger charge is -2.19. The molecule has 0 aliphatic rings. The minimum absolute atomic E-state index is 0.172. The monoisotopic (exact) mass is 974 g/mol. The summed E-state index contributed by atoms with van der Waals surface area (Å²) >= 11 is 13.7. The molecule has 2 aromatic heterocycles. The molecule has 6 aromatic rings. The molecule has 0 amide bonds. The van der Waals surface area contributed by atoms with Crippen LogP contribution in [-0.2, 0) is 49.1 Å². The molecule has 0 saturated carbocycles. The van der Waals surface area contributed by atoms with E-state index in [-0.39, 0.29) is 39.5 Å². The zero-order valence-corrected chi connectivity index (χ0v) is 40.7. The zero-order chi connectivity index (χ0) is 49.5. The van der Waals surface area contributed by atoms with Gasteiger partial charge in [-0.1, -0.05) is 73.4 Å². The molecule has 6 rings (SSSR count). The number of hydrogen-bond donors (Lipinski definition) is 5. The number of carboxylic acid groups (broad SMARTS) is 2. The molecule has 2 atom stereocenters. The highest BCUT2D eigenvalue weighted by atomic mass is 35.5. The van der Waals surface area contributed by atoms with Crippen LogP contribution in [0.4, 0.5) is 0 Å². The van der Waals surface area contributed by atoms with Crippen molar-refractivity contribution in [1.29, 1.82) is 5.41 Å². The Morgan fingerprint density at radius 2 is 1.07 bits per heavy atom. The first-order valence-electron chi connectivity index (χ1n) is 22.2. The van der Waals surface area contributed by atoms with Gasteiger partial charge >= 0.3 is 11.9 Å². The topological polar surface area (TPSA) is 198 Å². The van der Waals surface area contributed by atoms with E-state index in [1.54, 1.807) is 76.2 Å². The Morgan fingerprint density at radius 3 is 1.51 bits per heavy atom. The van der Waals surface area contributed by atoms with Crippen molar-refractivity contribution in [3.8, 4) is 34.1 Å². The van der Waals surface area contributed by atoms with E-state index in [1.807, 2.05) is 36.4 Å². The molecule has 2 heterocycles. The molecule has 0 aliphatic heterocycles. The van der Waals surface area contributed by atoms with Crippen molar-refractivity contribution in [2.45, 2.75) is 67.2 Å². The molecular weight excluding hydrogens is 920 g/mol. The minimum Gasteiger partial charge on any atom is -0.488 e. The van der Waals surface area contributed by atoms with Gasteiger partial charge in [-0.05, 0) is 71.5 Å². The summed E-state index contributed by atoms with van der Waals surface area (Å²) in [6, 6.07) is 23.0. The molecule has 0 spiro atoms. The van der Waals surface area contributed by atoms with Crippen molar-refractivity contribution in [3.63, 3.8) is 0 Å². The summed E-state index contributed by atoms with van der Waals surface area (Å²) in [6.45, 7) is 9.35. The van der Waals surface area contributed by atoms with Crippen LogP contribution in [0.3, 0.4) is 0 Å². The average Bonchev–Trinajstić information content (AvgIpc) is 3.33. The van der Waals surface area contributed by atoms with Gasteiger partial charge in [0.1, 0.15) is 49.4 Å². The normalized spacial score (nSPS) is 12.1. The van der Waals surface area contributed by atoms with Gasteiger partial charge in [0, 0.05) is 116 Å². The van der Waals surface area contributed by atoms with E-state index in [2.05, 4.69) is 51.6 Å². The van der Waals surface area contributed by atoms with Gasteiger partial charge in [-0.2, -0.15) is 0 Å². The molecule has 4 aromatic carbocycles. The van der Waals surface area contributed by atoms with Gasteiger partial charge in [0.25, 0.3) is 0 Å². The van der Waals surface area contributed by atoms with Crippen molar-refractivity contribution in [2.75, 3.05) is 20.1 Å². The van der Waals surface area contributed by atoms with Crippen molar-refractivity contribution in [1.82, 2.24) is 20.6 Å². The fourth-order valence-corrected chi connectivity index (χ4v) is 7.79. The van der Waals surface area contributed by atoms with Crippen LogP contribution >= 0.6 is 23.2 Å². The Hall–Kier alpha value is -6.84. The fraction of sp³-hybridized carbons (Fsp3) is 0.283. The van der Waals surface area contributed by atoms with Gasteiger partial charge in [0.15, 0.2) is 0 Å². The van der Waals surface area contributed by atoms with Gasteiger partial charge in [-0.3, -0.25) is 24.5 Å². The molecule has 14 nitrogen and oxygen atoms in total. The maximum Gasteiger partial charge on any atom is 0.307 e. The van der Waals surface area contributed by atoms with Gasteiger partial charge in [0.05, 0.1) is 21.9 Å². The molecule has 0 unspecified atom stereocenters. The molecule has 69 heavy (non-hydrogen) atoms. The minimum atomic E-state index is -0.896. The molecule has 0 fully saturated rings. The average molecular weight is 976 g/mol. The predicted molar refractivity (Wildman–Crippen MR) is 268 cm³/mol. The quantitative estimate of drug-likeness (QED) is 0.0341. The first-order valence-corrected chi connectivity index (χ1v) is 23.0. The third-order valence-electron chi connectivity index (χ3n) is 11.4. The summed E-state index contributed by atoms with van der Waals surface area (Å²) in [5.74, 6) is -1.07. The lowest BCUT2D eigenvalue weighted by atomic mass is 9.92. The largest absolute Gasteiger partial charge is 0.488 e. The number of carbonyl (C=O) groups is 2. The number of aliphatic carboxylic acids is 2. The number of rotatable bonds is 25. The fourth-order valence-electron chi connectivity index (χ4n) is 7.31. The Balaban J connectivity index is 1.19. The van der Waals surface area contributed by atoms with Crippen molar-refractivity contribution < 1.29 is 38.7 Å². The summed E-state index contributed by atoms with van der Waals surface area (Å²) in [7, 11) is 1.70. The van der Waals surface area contributed by atoms with Crippen molar-refractivity contribution >= 4 is 47.6 Å². The van der Waals surface area contributed by atoms with E-state index in [1.165, 1.54) is 6.21 Å². The summed E-state index contributed by atoms with van der Waals surface area (Å²) in [5, 5.41) is 33.5. The highest BCUT2D eigenvalue weighted by Gasteiger charge is 2.19. The highest BCUT2D eigenvalue weighted by Crippen LogP contribution is 2.37. The van der Waals surface area contributed by atoms with E-state index >= 15 is 0 Å². The summed E-state index contributed by atoms with van der Waals surface area (Å²) in [6.07, 6.45) is 9.65. The smallest absolute Gasteiger partial charge is 0.307 e. The molecule has 0 radical (unpaired) electrons. The van der Waals surface area contributed by atoms with E-state index in [4.69, 9.17) is 47.6 Å². The molecule has 360 valence electrons. The standard InChI is InChI=1S/C53H56Cl2N6O8/c1-32(52(62)63)19-58-26-42-14-46(54)50(16-48(42)66-28-38-12-36(18-56)22-60-24-38)68-30-40-8-6-10-44(34(40)3)45-11-7-9-41(35(45)4)31-69-51-17-49(67-29-39-13-37(21-57-5)23-61-25-39)43(15-47(51)55)27-59-20-33(2)53(64)65/h6-18,21-25,32-33,56,58-59H,19-20,26-31H2,1-5H3,(H,62,63)(H,64,65)/t32-,33-/m0/s1. The van der Waals surface area contributed by atoms with Crippen LogP contribution in [0.25, 0.3) is 11.1 Å². The Kier molecular flexibility index (Phi) is 18.7. The molecule has 0 bridgehead atoms. The SMILES string of the molecule is CN=Cc1cncc(COc2cc(OCc3cccc(-c4cccc(COc5cc(OCc6cncc(C=N)c6)c(CNC[C@H](C)C(=O)O)cc5Cl)c4C)c3C)c(Cl)cc2CNC[C@H](C)C(=O)O)c1. The number of pyridine rings is 2. The lowest BCUT2D eigenvalue weighted by Crippen LogP contribution is -2.26. The van der Waals surface area contributed by atoms with E-state index in [0.29, 0.717) is 51.7 Å². The van der Waals surface area contributed by atoms with Crippen LogP contribution in [0.15, 0.2) is 103 Å². The van der Waals surface area contributed by atoms with Crippen LogP contribution in [-0.4, -0.2) is 64.7 Å². The number of nitrogens with one attached hydrogen (secondary N) is 3. The number of aromatic nitrogens is 2. The number of hydrogen-bond acceptors (Lipinski definition) is 12. The van der Waals surface area contributed by atoms with Gasteiger partial charge in [-0.25, -0.2) is 0 Å². The summed E-state index contributed by atoms with van der Waals surface area (Å²) in [5.41, 5.74) is 10.6. The van der Waals surface area contributed by atoms with Crippen LogP contribution < -0.4 is 29.6 Å². The van der Waals surface area contributed by atoms with Crippen LogP contribution in [0.5, 0.6) is 23.0 Å². The van der Waals surface area contributed by atoms with Gasteiger partial charge in [-0.15, -0.1) is 0 Å². The predicted octanol–water partition coefficient (Wildman–Crippen LogP) is 10.1. The van der Waals surface area contributed by atoms with E-state index in [0.717, 1.165) is 61.2 Å². The third kappa shape index (κ3) is 14.3.